The van der Waals surface area contributed by atoms with Crippen molar-refractivity contribution >= 4 is 0 Å². The molecule has 0 aliphatic heterocycles. The summed E-state index contributed by atoms with van der Waals surface area (Å²) in [5.41, 5.74) is -0.582. The van der Waals surface area contributed by atoms with Gasteiger partial charge in [0.2, 0.25) is 0 Å². The molecule has 14 heavy (non-hydrogen) atoms. The van der Waals surface area contributed by atoms with Gasteiger partial charge in [-0.25, -0.2) is 0 Å². The molecule has 3 heteroatoms. The normalized spacial score (nSPS) is 16.7. The lowest BCUT2D eigenvalue weighted by Gasteiger charge is -2.32. The Hall–Kier alpha value is -0.120. The predicted octanol–water partition coefficient (Wildman–Crippen LogP) is 0.887. The summed E-state index contributed by atoms with van der Waals surface area (Å²) < 4.78 is 0. The van der Waals surface area contributed by atoms with Gasteiger partial charge in [-0.2, -0.15) is 0 Å². The number of likely N-dealkylation sites (N-methyl/N-ethyl adjacent to an activating group) is 2. The van der Waals surface area contributed by atoms with Crippen LogP contribution >= 0.6 is 0 Å². The van der Waals surface area contributed by atoms with Crippen molar-refractivity contribution in [3.8, 4) is 0 Å². The van der Waals surface area contributed by atoms with Crippen molar-refractivity contribution in [2.75, 3.05) is 40.8 Å². The minimum absolute atomic E-state index is 0.296. The number of aliphatic hydroxyl groups is 1. The fraction of sp³-hybridized carbons (Fsp3) is 1.00. The maximum Gasteiger partial charge on any atom is 0.0768 e. The van der Waals surface area contributed by atoms with Crippen LogP contribution in [0.2, 0.25) is 0 Å². The van der Waals surface area contributed by atoms with Crippen molar-refractivity contribution in [1.82, 2.24) is 9.80 Å². The molecule has 0 saturated carbocycles. The zero-order valence-corrected chi connectivity index (χ0v) is 10.5. The van der Waals surface area contributed by atoms with E-state index in [1.165, 1.54) is 0 Å². The molecule has 0 amide bonds. The van der Waals surface area contributed by atoms with Crippen molar-refractivity contribution in [2.24, 2.45) is 5.92 Å². The van der Waals surface area contributed by atoms with Gasteiger partial charge >= 0.3 is 0 Å². The van der Waals surface area contributed by atoms with Gasteiger partial charge in [0.15, 0.2) is 0 Å². The molecule has 1 N–H and O–H groups in total. The first-order valence-corrected chi connectivity index (χ1v) is 5.31. The highest BCUT2D eigenvalue weighted by atomic mass is 16.3. The highest BCUT2D eigenvalue weighted by Crippen LogP contribution is 2.16. The van der Waals surface area contributed by atoms with Crippen molar-refractivity contribution in [2.45, 2.75) is 26.4 Å². The smallest absolute Gasteiger partial charge is 0.0768 e. The molecule has 86 valence electrons. The van der Waals surface area contributed by atoms with Gasteiger partial charge in [0.25, 0.3) is 0 Å². The van der Waals surface area contributed by atoms with Crippen LogP contribution in [0.5, 0.6) is 0 Å². The Balaban J connectivity index is 3.87. The predicted molar refractivity (Wildman–Crippen MR) is 61.5 cm³/mol. The molecule has 0 spiro atoms. The molecule has 0 aliphatic carbocycles. The second-order valence-electron chi connectivity index (χ2n) is 5.05. The van der Waals surface area contributed by atoms with Crippen LogP contribution < -0.4 is 0 Å². The SMILES string of the molecule is CC(C)C(C)(O)CN(C)CCN(C)C. The fourth-order valence-electron chi connectivity index (χ4n) is 1.18. The molecule has 0 bridgehead atoms. The standard InChI is InChI=1S/C11H26N2O/c1-10(2)11(3,14)9-13(6)8-7-12(4)5/h10,14H,7-9H2,1-6H3. The number of hydrogen-bond donors (Lipinski definition) is 1. The van der Waals surface area contributed by atoms with E-state index in [0.29, 0.717) is 5.92 Å². The minimum Gasteiger partial charge on any atom is -0.389 e. The van der Waals surface area contributed by atoms with Gasteiger partial charge in [0.05, 0.1) is 5.60 Å². The molecular formula is C11H26N2O. The molecule has 0 aromatic rings. The molecule has 0 aliphatic rings. The summed E-state index contributed by atoms with van der Waals surface area (Å²) >= 11 is 0. The van der Waals surface area contributed by atoms with E-state index in [4.69, 9.17) is 0 Å². The van der Waals surface area contributed by atoms with E-state index in [9.17, 15) is 5.11 Å². The zero-order valence-electron chi connectivity index (χ0n) is 10.5. The summed E-state index contributed by atoms with van der Waals surface area (Å²) in [5, 5.41) is 10.1. The van der Waals surface area contributed by atoms with Crippen LogP contribution in [0.3, 0.4) is 0 Å². The lowest BCUT2D eigenvalue weighted by Crippen LogP contribution is -2.44. The Morgan fingerprint density at radius 2 is 1.64 bits per heavy atom. The summed E-state index contributed by atoms with van der Waals surface area (Å²) in [7, 11) is 6.18. The molecule has 0 rings (SSSR count). The Bertz CT molecular complexity index is 155. The summed E-state index contributed by atoms with van der Waals surface area (Å²) in [6.07, 6.45) is 0. The number of nitrogens with zero attached hydrogens (tertiary/aromatic N) is 2. The highest BCUT2D eigenvalue weighted by molar-refractivity contribution is 4.79. The Kier molecular flexibility index (Phi) is 5.64. The van der Waals surface area contributed by atoms with Gasteiger partial charge in [-0.05, 0) is 34.0 Å². The third kappa shape index (κ3) is 5.58. The third-order valence-electron chi connectivity index (χ3n) is 2.76. The first kappa shape index (κ1) is 13.9. The van der Waals surface area contributed by atoms with Crippen LogP contribution in [0, 0.1) is 5.92 Å². The van der Waals surface area contributed by atoms with Gasteiger partial charge in [0.1, 0.15) is 0 Å². The van der Waals surface area contributed by atoms with E-state index in [0.717, 1.165) is 19.6 Å². The van der Waals surface area contributed by atoms with Crippen molar-refractivity contribution in [3.05, 3.63) is 0 Å². The van der Waals surface area contributed by atoms with E-state index >= 15 is 0 Å². The Morgan fingerprint density at radius 1 is 1.14 bits per heavy atom. The molecule has 0 aromatic carbocycles. The topological polar surface area (TPSA) is 26.7 Å². The molecule has 0 radical (unpaired) electrons. The van der Waals surface area contributed by atoms with Crippen LogP contribution in [0.15, 0.2) is 0 Å². The van der Waals surface area contributed by atoms with Crippen molar-refractivity contribution < 1.29 is 5.11 Å². The highest BCUT2D eigenvalue weighted by Gasteiger charge is 2.26. The number of rotatable bonds is 6. The quantitative estimate of drug-likeness (QED) is 0.693. The van der Waals surface area contributed by atoms with Gasteiger partial charge < -0.3 is 14.9 Å². The molecule has 0 aromatic heterocycles. The van der Waals surface area contributed by atoms with Crippen molar-refractivity contribution in [1.29, 1.82) is 0 Å². The summed E-state index contributed by atoms with van der Waals surface area (Å²) in [6, 6.07) is 0. The van der Waals surface area contributed by atoms with Crippen molar-refractivity contribution in [3.63, 3.8) is 0 Å². The van der Waals surface area contributed by atoms with Crippen LogP contribution in [0.4, 0.5) is 0 Å². The van der Waals surface area contributed by atoms with Gasteiger partial charge in [-0.3, -0.25) is 0 Å². The Morgan fingerprint density at radius 3 is 2.00 bits per heavy atom. The second kappa shape index (κ2) is 5.69. The zero-order chi connectivity index (χ0) is 11.4. The largest absolute Gasteiger partial charge is 0.389 e. The lowest BCUT2D eigenvalue weighted by atomic mass is 9.92. The molecular weight excluding hydrogens is 176 g/mol. The Labute approximate surface area is 88.7 Å². The number of hydrogen-bond acceptors (Lipinski definition) is 3. The van der Waals surface area contributed by atoms with E-state index in [1.54, 1.807) is 0 Å². The average molecular weight is 202 g/mol. The first-order chi connectivity index (χ1) is 6.25. The third-order valence-corrected chi connectivity index (χ3v) is 2.76. The molecule has 1 atom stereocenters. The molecule has 0 heterocycles. The summed E-state index contributed by atoms with van der Waals surface area (Å²) in [5.74, 6) is 0.296. The van der Waals surface area contributed by atoms with Crippen LogP contribution in [-0.2, 0) is 0 Å². The average Bonchev–Trinajstić information content (AvgIpc) is 1.99. The monoisotopic (exact) mass is 202 g/mol. The van der Waals surface area contributed by atoms with Crippen LogP contribution in [-0.4, -0.2) is 61.3 Å². The van der Waals surface area contributed by atoms with Gasteiger partial charge in [-0.15, -0.1) is 0 Å². The van der Waals surface area contributed by atoms with Crippen LogP contribution in [0.25, 0.3) is 0 Å². The summed E-state index contributed by atoms with van der Waals surface area (Å²) in [6.45, 7) is 8.78. The van der Waals surface area contributed by atoms with E-state index in [1.807, 2.05) is 6.92 Å². The summed E-state index contributed by atoms with van der Waals surface area (Å²) in [4.78, 5) is 4.33. The fourth-order valence-corrected chi connectivity index (χ4v) is 1.18. The van der Waals surface area contributed by atoms with Crippen LogP contribution in [0.1, 0.15) is 20.8 Å². The molecule has 0 saturated heterocycles. The second-order valence-corrected chi connectivity index (χ2v) is 5.05. The molecule has 1 unspecified atom stereocenters. The van der Waals surface area contributed by atoms with E-state index in [2.05, 4.69) is 44.8 Å². The van der Waals surface area contributed by atoms with Gasteiger partial charge in [0, 0.05) is 19.6 Å². The minimum atomic E-state index is -0.582. The lowest BCUT2D eigenvalue weighted by molar-refractivity contribution is -0.0138. The van der Waals surface area contributed by atoms with E-state index in [-0.39, 0.29) is 0 Å². The maximum atomic E-state index is 10.1. The molecule has 3 nitrogen and oxygen atoms in total. The maximum absolute atomic E-state index is 10.1. The molecule has 0 fully saturated rings. The van der Waals surface area contributed by atoms with Gasteiger partial charge in [-0.1, -0.05) is 13.8 Å². The van der Waals surface area contributed by atoms with E-state index < -0.39 is 5.60 Å². The first-order valence-electron chi connectivity index (χ1n) is 5.31.